The van der Waals surface area contributed by atoms with E-state index in [2.05, 4.69) is 0 Å². The smallest absolute Gasteiger partial charge is 0.129 e. The second-order valence-corrected chi connectivity index (χ2v) is 0.952. The van der Waals surface area contributed by atoms with E-state index in [0.717, 1.165) is 0 Å². The van der Waals surface area contributed by atoms with Gasteiger partial charge in [-0.1, -0.05) is 6.90 Å². The highest BCUT2D eigenvalue weighted by Gasteiger charge is 1.76. The molecule has 0 amide bonds. The zero-order valence-corrected chi connectivity index (χ0v) is 4.44. The first-order chi connectivity index (χ1) is 3.77. The van der Waals surface area contributed by atoms with Crippen LogP contribution in [0.15, 0.2) is 0 Å². The maximum Gasteiger partial charge on any atom is 0.129 e. The number of rotatable bonds is 1. The maximum atomic E-state index is 9.92. The minimum atomic E-state index is 0.102. The van der Waals surface area contributed by atoms with Crippen molar-refractivity contribution >= 4 is 12.6 Å². The summed E-state index contributed by atoms with van der Waals surface area (Å²) >= 11 is 0. The van der Waals surface area contributed by atoms with Crippen molar-refractivity contribution in [2.24, 2.45) is 0 Å². The minimum absolute atomic E-state index is 0.102. The molecule has 0 fully saturated rings. The molecule has 2 heteroatoms. The zero-order valence-electron chi connectivity index (χ0n) is 5.44. The first kappa shape index (κ1) is 6.34. The van der Waals surface area contributed by atoms with Gasteiger partial charge in [-0.25, -0.2) is 0 Å². The van der Waals surface area contributed by atoms with Crippen molar-refractivity contribution < 1.29 is 11.0 Å². The fourth-order valence-corrected chi connectivity index (χ4v) is 0. The summed E-state index contributed by atoms with van der Waals surface area (Å²) in [5.74, 6) is 0.102. The molecule has 0 radical (unpaired) electrons. The van der Waals surface area contributed by atoms with E-state index in [1.807, 2.05) is 6.79 Å². The zero-order chi connectivity index (χ0) is 6.99. The van der Waals surface area contributed by atoms with Crippen LogP contribution in [-0.4, -0.2) is 12.6 Å². The largest absolute Gasteiger partial charge is 0.307 e. The van der Waals surface area contributed by atoms with Gasteiger partial charge in [-0.05, 0) is 6.92 Å². The van der Waals surface area contributed by atoms with Gasteiger partial charge >= 0.3 is 0 Å². The highest BCUT2D eigenvalue weighted by molar-refractivity contribution is 5.74. The van der Waals surface area contributed by atoms with Crippen molar-refractivity contribution in [2.45, 2.75) is 20.2 Å². The van der Waals surface area contributed by atoms with Crippen LogP contribution in [0, 0.1) is 0 Å². The minimum Gasteiger partial charge on any atom is -0.307 e. The maximum absolute atomic E-state index is 9.92. The number of ketones is 1. The Hall–Kier alpha value is -0.660. The molecule has 0 atom stereocenters. The fourth-order valence-electron chi connectivity index (χ4n) is 0. The number of carbonyl (C=O) groups is 2. The van der Waals surface area contributed by atoms with E-state index in [1.54, 1.807) is 0 Å². The van der Waals surface area contributed by atoms with Crippen LogP contribution in [0.5, 0.6) is 0 Å². The van der Waals surface area contributed by atoms with Gasteiger partial charge in [0, 0.05) is 7.79 Å². The van der Waals surface area contributed by atoms with Crippen molar-refractivity contribution in [3.8, 4) is 0 Å². The van der Waals surface area contributed by atoms with Crippen LogP contribution in [0.3, 0.4) is 0 Å². The molecule has 0 aliphatic rings. The monoisotopic (exact) mass is 104 g/mol. The van der Waals surface area contributed by atoms with E-state index in [1.165, 1.54) is 6.92 Å². The van der Waals surface area contributed by atoms with Gasteiger partial charge in [-0.15, -0.1) is 0 Å². The van der Waals surface area contributed by atoms with Crippen molar-refractivity contribution in [3.63, 3.8) is 0 Å². The summed E-state index contributed by atoms with van der Waals surface area (Å²) in [5, 5.41) is 0. The van der Waals surface area contributed by atoms with Crippen molar-refractivity contribution in [3.05, 3.63) is 0 Å². The predicted octanol–water partition coefficient (Wildman–Crippen LogP) is 0.800. The number of Topliss-reactive ketones (excluding diaryl/α,β-unsaturated/α-hetero) is 1. The molecule has 7 heavy (non-hydrogen) atoms. The van der Waals surface area contributed by atoms with Gasteiger partial charge in [0.25, 0.3) is 0 Å². The molecule has 0 aromatic heterocycles. The third-order valence-electron chi connectivity index (χ3n) is 0.352. The van der Waals surface area contributed by atoms with Crippen molar-refractivity contribution in [1.82, 2.24) is 0 Å². The first-order valence-corrected chi connectivity index (χ1v) is 1.85. The summed E-state index contributed by atoms with van der Waals surface area (Å²) in [7, 11) is 0. The molecule has 0 aliphatic heterocycles. The summed E-state index contributed by atoms with van der Waals surface area (Å²) in [5.41, 5.74) is 0. The van der Waals surface area contributed by atoms with E-state index >= 15 is 0 Å². The molecular weight excluding hydrogens is 92.1 g/mol. The summed E-state index contributed by atoms with van der Waals surface area (Å²) < 4.78 is 6.51. The van der Waals surface area contributed by atoms with Crippen LogP contribution in [0.25, 0.3) is 0 Å². The molecule has 2 nitrogen and oxygen atoms in total. The lowest BCUT2D eigenvalue weighted by atomic mass is 10.4. The van der Waals surface area contributed by atoms with Crippen LogP contribution in [-0.2, 0) is 9.59 Å². The first-order valence-electron chi connectivity index (χ1n) is 2.55. The lowest BCUT2D eigenvalue weighted by molar-refractivity contribution is -0.116. The van der Waals surface area contributed by atoms with Gasteiger partial charge in [0.1, 0.15) is 12.6 Å². The van der Waals surface area contributed by atoms with Crippen molar-refractivity contribution in [2.75, 3.05) is 0 Å². The Morgan fingerprint density at radius 3 is 2.29 bits per heavy atom. The van der Waals surface area contributed by atoms with Gasteiger partial charge in [0.2, 0.25) is 0 Å². The topological polar surface area (TPSA) is 34.1 Å². The van der Waals surface area contributed by atoms with E-state index in [0.29, 0.717) is 6.42 Å². The van der Waals surface area contributed by atoms with Crippen LogP contribution < -0.4 is 0 Å². The Kier molecular flexibility index (Phi) is 8.17. The molecule has 0 spiro atoms. The molecule has 0 saturated carbocycles. The molecule has 0 saturated heterocycles. The second kappa shape index (κ2) is 9.02. The quantitative estimate of drug-likeness (QED) is 0.493. The predicted molar refractivity (Wildman–Crippen MR) is 28.1 cm³/mol. The molecule has 0 aromatic carbocycles. The molecule has 0 aromatic rings. The molecule has 0 unspecified atom stereocenters. The van der Waals surface area contributed by atoms with Crippen LogP contribution in [0.2, 0.25) is 0 Å². The van der Waals surface area contributed by atoms with E-state index < -0.39 is 0 Å². The lowest BCUT2D eigenvalue weighted by Crippen LogP contribution is -1.80. The van der Waals surface area contributed by atoms with Crippen LogP contribution in [0.1, 0.15) is 21.6 Å². The van der Waals surface area contributed by atoms with Crippen LogP contribution in [0.4, 0.5) is 0 Å². The molecule has 42 valence electrons. The van der Waals surface area contributed by atoms with Gasteiger partial charge in [-0.3, -0.25) is 0 Å². The third-order valence-corrected chi connectivity index (χ3v) is 0.352. The average Bonchev–Trinajstić information content (AvgIpc) is 1.72. The second-order valence-electron chi connectivity index (χ2n) is 0.952. The molecule has 0 N–H and O–H groups in total. The molecule has 0 heterocycles. The summed E-state index contributed by atoms with van der Waals surface area (Å²) in [6.07, 6.45) is 0.403. The fraction of sp³-hybridized carbons (Fsp3) is 0.600. The summed E-state index contributed by atoms with van der Waals surface area (Å²) in [6, 6.07) is 0. The number of carbonyl (C=O) groups excluding carboxylic acids is 2. The molecular formula is C5H10O2. The highest BCUT2D eigenvalue weighted by Crippen LogP contribution is 1.71. The summed E-state index contributed by atoms with van der Waals surface area (Å²) in [4.78, 5) is 17.9. The van der Waals surface area contributed by atoms with E-state index in [-0.39, 0.29) is 12.7 Å². The Morgan fingerprint density at radius 2 is 2.29 bits per heavy atom. The highest BCUT2D eigenvalue weighted by atomic mass is 16.1. The van der Waals surface area contributed by atoms with E-state index in [4.69, 9.17) is 6.17 Å². The SMILES string of the molecule is C=O.[3H]CCC(C)=O. The summed E-state index contributed by atoms with van der Waals surface area (Å²) in [6.45, 7) is 3.73. The standard InChI is InChI=1S/C4H8O.CH2O/c1-3-4(2)5;1-2/h3H2,1-2H3;1H2/i1T;. The Morgan fingerprint density at radius 1 is 1.86 bits per heavy atom. The van der Waals surface area contributed by atoms with E-state index in [9.17, 15) is 4.79 Å². The van der Waals surface area contributed by atoms with Gasteiger partial charge in [-0.2, -0.15) is 0 Å². The Balaban J connectivity index is 0. The third kappa shape index (κ3) is 33.2. The molecule has 0 aliphatic carbocycles. The van der Waals surface area contributed by atoms with Gasteiger partial charge in [0.05, 0.1) is 0 Å². The molecule has 0 bridgehead atoms. The van der Waals surface area contributed by atoms with Crippen LogP contribution >= 0.6 is 0 Å². The van der Waals surface area contributed by atoms with Gasteiger partial charge in [0.15, 0.2) is 0 Å². The number of hydrogen-bond acceptors (Lipinski definition) is 2. The Bertz CT molecular complexity index is 63.4. The normalized spacial score (nSPS) is 7.86. The van der Waals surface area contributed by atoms with Gasteiger partial charge < -0.3 is 9.59 Å². The van der Waals surface area contributed by atoms with Crippen molar-refractivity contribution in [1.29, 1.82) is 0 Å². The number of hydrogen-bond donors (Lipinski definition) is 0. The molecule has 0 rings (SSSR count). The Labute approximate surface area is 44.9 Å². The average molecular weight is 104 g/mol. The lowest BCUT2D eigenvalue weighted by Gasteiger charge is -1.71.